The number of hydrogen-bond acceptors (Lipinski definition) is 11. The highest BCUT2D eigenvalue weighted by atomic mass is 16.5. The molecule has 16 heteroatoms. The third kappa shape index (κ3) is 9.62. The number of carbonyl (C=O) groups excluding carboxylic acids is 3. The van der Waals surface area contributed by atoms with Gasteiger partial charge in [-0.05, 0) is 123 Å². The topological polar surface area (TPSA) is 177 Å². The van der Waals surface area contributed by atoms with Gasteiger partial charge in [-0.2, -0.15) is 0 Å². The fourth-order valence-corrected chi connectivity index (χ4v) is 12.6. The predicted octanol–water partition coefficient (Wildman–Crippen LogP) is 9.58. The number of esters is 1. The number of methoxy groups -OCH3 is 2. The van der Waals surface area contributed by atoms with E-state index in [1.807, 2.05) is 16.7 Å². The number of carboxylic acid groups (broad SMARTS) is 1. The van der Waals surface area contributed by atoms with Crippen LogP contribution in [0.25, 0.3) is 22.1 Å². The summed E-state index contributed by atoms with van der Waals surface area (Å²) in [6, 6.07) is 24.0. The minimum absolute atomic E-state index is 0.0324. The summed E-state index contributed by atoms with van der Waals surface area (Å²) in [6.07, 6.45) is 6.82. The Morgan fingerprint density at radius 3 is 2.15 bits per heavy atom. The molecular formula is C58H66N6O10. The number of aliphatic carboxylic acids is 1. The van der Waals surface area contributed by atoms with Crippen molar-refractivity contribution in [2.24, 2.45) is 5.92 Å². The molecule has 0 spiro atoms. The highest BCUT2D eigenvalue weighted by molar-refractivity contribution is 5.85. The second-order valence-electron chi connectivity index (χ2n) is 21.0. The van der Waals surface area contributed by atoms with Gasteiger partial charge in [0.15, 0.2) is 0 Å². The van der Waals surface area contributed by atoms with Gasteiger partial charge < -0.3 is 47.7 Å². The van der Waals surface area contributed by atoms with Gasteiger partial charge in [-0.3, -0.25) is 9.59 Å². The zero-order valence-electron chi connectivity index (χ0n) is 42.6. The Morgan fingerprint density at radius 1 is 0.716 bits per heavy atom. The molecule has 1 saturated carbocycles. The van der Waals surface area contributed by atoms with Gasteiger partial charge in [0.25, 0.3) is 0 Å². The normalized spacial score (nSPS) is 21.7. The molecule has 4 atom stereocenters. The number of rotatable bonds is 12. The fourth-order valence-electron chi connectivity index (χ4n) is 12.6. The van der Waals surface area contributed by atoms with Crippen molar-refractivity contribution >= 4 is 46.2 Å². The number of ether oxygens (including phenoxy) is 5. The molecule has 2 saturated heterocycles. The maximum absolute atomic E-state index is 14.1. The third-order valence-electron chi connectivity index (χ3n) is 16.5. The number of benzene rings is 4. The number of carboxylic acids is 1. The molecule has 0 radical (unpaired) electrons. The van der Waals surface area contributed by atoms with Crippen molar-refractivity contribution in [2.45, 2.75) is 120 Å². The maximum Gasteiger partial charge on any atom is 0.409 e. The Morgan fingerprint density at radius 2 is 1.43 bits per heavy atom. The molecule has 2 aromatic heterocycles. The largest absolute Gasteiger partial charge is 0.481 e. The number of fused-ring (bicyclic) bond motifs is 6. The van der Waals surface area contributed by atoms with E-state index in [0.29, 0.717) is 76.6 Å². The minimum atomic E-state index is -1.01. The molecule has 74 heavy (non-hydrogen) atoms. The summed E-state index contributed by atoms with van der Waals surface area (Å²) < 4.78 is 32.7. The Kier molecular flexibility index (Phi) is 14.2. The van der Waals surface area contributed by atoms with Crippen molar-refractivity contribution in [2.75, 3.05) is 53.7 Å². The van der Waals surface area contributed by atoms with Crippen molar-refractivity contribution < 1.29 is 48.0 Å². The Bertz CT molecular complexity index is 3070. The average Bonchev–Trinajstić information content (AvgIpc) is 4.21. The molecule has 6 aromatic rings. The van der Waals surface area contributed by atoms with E-state index in [2.05, 4.69) is 47.9 Å². The van der Waals surface area contributed by atoms with Crippen LogP contribution < -0.4 is 4.74 Å². The standard InChI is InChI=1S/C58H66N6O10/c1-35(27-36-9-5-4-6-10-36)64-50-29-45(41-22-26-73-33-41)44-21-24-62(58(69)71-3)31-48(44)52(50)60-54(64)38-14-16-39(17-15-38)56(67)74-43-13-7-11-40(28-43)47(55(65)66)32-63-49-19-18-37-20-23-61(57(68)70-2)30-46(37)51(49)59-53(63)42-12-8-25-72-34-42/h4-7,9-11,13,18-19,28-29,35,38-39,41-42,47H,8,12,14-17,20-27,30-34H2,1-3H3,(H,65,66)/t35-,38-,39-,41-,42+,47-/m0/s1. The lowest BCUT2D eigenvalue weighted by Crippen LogP contribution is -2.36. The SMILES string of the molecule is COC(=O)N1CCc2ccc3c(nc([C@@H]4CCCOC4)n3C[C@H](C(=O)O)c3cccc(OC(=O)[C@H]4CC[C@H](c5nc6c7c(c([C@H]8CCOC8)cc6n5[C@@H](C)Cc5ccccc5)CCN(C(=O)OC)C7)CC4)c3)c2C1. The number of amides is 2. The highest BCUT2D eigenvalue weighted by Crippen LogP contribution is 2.44. The fraction of sp³-hybridized carbons (Fsp3) is 0.483. The summed E-state index contributed by atoms with van der Waals surface area (Å²) in [4.78, 5) is 67.2. The highest BCUT2D eigenvalue weighted by Gasteiger charge is 2.37. The second kappa shape index (κ2) is 21.2. The predicted molar refractivity (Wildman–Crippen MR) is 275 cm³/mol. The molecule has 11 rings (SSSR count). The van der Waals surface area contributed by atoms with Gasteiger partial charge in [0, 0.05) is 67.8 Å². The van der Waals surface area contributed by atoms with Gasteiger partial charge in [-0.25, -0.2) is 19.6 Å². The summed E-state index contributed by atoms with van der Waals surface area (Å²) in [6.45, 7) is 6.80. The molecule has 0 bridgehead atoms. The summed E-state index contributed by atoms with van der Waals surface area (Å²) in [7, 11) is 2.81. The van der Waals surface area contributed by atoms with E-state index < -0.39 is 18.0 Å². The van der Waals surface area contributed by atoms with Crippen LogP contribution in [0.3, 0.4) is 0 Å². The van der Waals surface area contributed by atoms with E-state index in [0.717, 1.165) is 102 Å². The van der Waals surface area contributed by atoms with Crippen LogP contribution in [0.5, 0.6) is 5.75 Å². The van der Waals surface area contributed by atoms with E-state index in [9.17, 15) is 24.3 Å². The number of imidazole rings is 2. The first-order valence-corrected chi connectivity index (χ1v) is 26.5. The van der Waals surface area contributed by atoms with E-state index in [1.165, 1.54) is 30.9 Å². The molecule has 5 aliphatic rings. The Hall–Kier alpha value is -6.78. The molecule has 1 aliphatic carbocycles. The first-order chi connectivity index (χ1) is 36.1. The quantitative estimate of drug-likeness (QED) is 0.0909. The van der Waals surface area contributed by atoms with Crippen LogP contribution in [0.1, 0.15) is 132 Å². The Labute approximate surface area is 430 Å². The van der Waals surface area contributed by atoms with Crippen molar-refractivity contribution in [3.8, 4) is 5.75 Å². The lowest BCUT2D eigenvalue weighted by atomic mass is 9.81. The van der Waals surface area contributed by atoms with E-state index in [4.69, 9.17) is 33.7 Å². The number of nitrogens with zero attached hydrogens (tertiary/aromatic N) is 6. The van der Waals surface area contributed by atoms with Crippen LogP contribution in [0.4, 0.5) is 9.59 Å². The third-order valence-corrected chi connectivity index (χ3v) is 16.5. The Balaban J connectivity index is 0.846. The summed E-state index contributed by atoms with van der Waals surface area (Å²) in [5.74, 6) is -0.281. The molecule has 388 valence electrons. The molecule has 3 fully saturated rings. The maximum atomic E-state index is 14.1. The lowest BCUT2D eigenvalue weighted by molar-refractivity contribution is -0.140. The smallest absolute Gasteiger partial charge is 0.409 e. The van der Waals surface area contributed by atoms with Gasteiger partial charge in [-0.15, -0.1) is 0 Å². The van der Waals surface area contributed by atoms with Gasteiger partial charge >= 0.3 is 24.1 Å². The van der Waals surface area contributed by atoms with Crippen molar-refractivity contribution in [1.29, 1.82) is 0 Å². The van der Waals surface area contributed by atoms with Gasteiger partial charge in [0.05, 0.1) is 74.4 Å². The number of carbonyl (C=O) groups is 4. The van der Waals surface area contributed by atoms with Crippen molar-refractivity contribution in [3.63, 3.8) is 0 Å². The first kappa shape index (κ1) is 49.4. The molecule has 1 N–H and O–H groups in total. The van der Waals surface area contributed by atoms with Crippen LogP contribution in [0, 0.1) is 5.92 Å². The van der Waals surface area contributed by atoms with Crippen LogP contribution in [0.15, 0.2) is 72.8 Å². The summed E-state index contributed by atoms with van der Waals surface area (Å²) in [5, 5.41) is 10.9. The second-order valence-corrected chi connectivity index (χ2v) is 21.0. The molecule has 6 heterocycles. The minimum Gasteiger partial charge on any atom is -0.481 e. The molecule has 4 aromatic carbocycles. The van der Waals surface area contributed by atoms with Gasteiger partial charge in [0.1, 0.15) is 17.4 Å². The van der Waals surface area contributed by atoms with E-state index >= 15 is 0 Å². The zero-order valence-corrected chi connectivity index (χ0v) is 42.6. The van der Waals surface area contributed by atoms with Gasteiger partial charge in [-0.1, -0.05) is 48.5 Å². The van der Waals surface area contributed by atoms with E-state index in [1.54, 1.807) is 34.1 Å². The molecule has 4 aliphatic heterocycles. The summed E-state index contributed by atoms with van der Waals surface area (Å²) in [5.41, 5.74) is 11.0. The number of aromatic nitrogens is 4. The molecular weight excluding hydrogens is 941 g/mol. The number of hydrogen-bond donors (Lipinski definition) is 1. The summed E-state index contributed by atoms with van der Waals surface area (Å²) >= 11 is 0. The monoisotopic (exact) mass is 1010 g/mol. The van der Waals surface area contributed by atoms with E-state index in [-0.39, 0.29) is 48.3 Å². The van der Waals surface area contributed by atoms with Crippen molar-refractivity contribution in [1.82, 2.24) is 28.9 Å². The van der Waals surface area contributed by atoms with Crippen LogP contribution in [-0.2, 0) is 67.4 Å². The lowest BCUT2D eigenvalue weighted by Gasteiger charge is -2.31. The molecule has 16 nitrogen and oxygen atoms in total. The first-order valence-electron chi connectivity index (χ1n) is 26.5. The molecule has 2 amide bonds. The van der Waals surface area contributed by atoms with Gasteiger partial charge in [0.2, 0.25) is 0 Å². The zero-order chi connectivity index (χ0) is 51.0. The van der Waals surface area contributed by atoms with Crippen molar-refractivity contribution in [3.05, 3.63) is 123 Å². The average molecular weight is 1010 g/mol. The van der Waals surface area contributed by atoms with Crippen LogP contribution in [-0.4, -0.2) is 112 Å². The molecule has 0 unspecified atom stereocenters. The van der Waals surface area contributed by atoms with Crippen LogP contribution in [0.2, 0.25) is 0 Å². The van der Waals surface area contributed by atoms with Crippen LogP contribution >= 0.6 is 0 Å².